The number of furan rings is 1. The van der Waals surface area contributed by atoms with Gasteiger partial charge in [-0.15, -0.1) is 0 Å². The standard InChI is InChI=1S/C9H10Cl3NO/c10-9(11,12)8-4-3-7(14-8)6-2-1-5-13-6/h3-4,6,13H,1-2,5H2/t6-/m0/s1. The van der Waals surface area contributed by atoms with Crippen molar-refractivity contribution in [1.29, 1.82) is 0 Å². The Morgan fingerprint density at radius 2 is 2.14 bits per heavy atom. The van der Waals surface area contributed by atoms with Crippen molar-refractivity contribution in [2.24, 2.45) is 0 Å². The van der Waals surface area contributed by atoms with Crippen molar-refractivity contribution < 1.29 is 4.42 Å². The quantitative estimate of drug-likeness (QED) is 0.776. The first-order valence-corrected chi connectivity index (χ1v) is 5.61. The zero-order valence-corrected chi connectivity index (χ0v) is 9.66. The highest BCUT2D eigenvalue weighted by molar-refractivity contribution is 6.66. The van der Waals surface area contributed by atoms with Gasteiger partial charge >= 0.3 is 0 Å². The van der Waals surface area contributed by atoms with Gasteiger partial charge in [-0.25, -0.2) is 0 Å². The number of nitrogens with one attached hydrogen (secondary N) is 1. The molecule has 1 aromatic rings. The van der Waals surface area contributed by atoms with Crippen LogP contribution in [0.2, 0.25) is 0 Å². The highest BCUT2D eigenvalue weighted by atomic mass is 35.6. The summed E-state index contributed by atoms with van der Waals surface area (Å²) in [7, 11) is 0. The van der Waals surface area contributed by atoms with Crippen LogP contribution in [0.5, 0.6) is 0 Å². The van der Waals surface area contributed by atoms with Crippen molar-refractivity contribution in [3.8, 4) is 0 Å². The van der Waals surface area contributed by atoms with E-state index < -0.39 is 3.79 Å². The summed E-state index contributed by atoms with van der Waals surface area (Å²) in [6.45, 7) is 1.02. The third-order valence-electron chi connectivity index (χ3n) is 2.31. The topological polar surface area (TPSA) is 25.2 Å². The third-order valence-corrected chi connectivity index (χ3v) is 2.87. The summed E-state index contributed by atoms with van der Waals surface area (Å²) in [6, 6.07) is 3.85. The van der Waals surface area contributed by atoms with Gasteiger partial charge in [0.15, 0.2) is 5.76 Å². The first kappa shape index (κ1) is 10.6. The van der Waals surface area contributed by atoms with Crippen molar-refractivity contribution in [3.05, 3.63) is 23.7 Å². The SMILES string of the molecule is ClC(Cl)(Cl)c1ccc([C@@H]2CCCN2)o1. The maximum absolute atomic E-state index is 5.70. The van der Waals surface area contributed by atoms with E-state index in [-0.39, 0.29) is 6.04 Å². The number of hydrogen-bond donors (Lipinski definition) is 1. The molecule has 1 saturated heterocycles. The number of hydrogen-bond acceptors (Lipinski definition) is 2. The summed E-state index contributed by atoms with van der Waals surface area (Å²) in [5, 5.41) is 3.31. The van der Waals surface area contributed by atoms with E-state index >= 15 is 0 Å². The van der Waals surface area contributed by atoms with Gasteiger partial charge in [0, 0.05) is 0 Å². The number of rotatable bonds is 1. The van der Waals surface area contributed by atoms with Crippen LogP contribution in [0.15, 0.2) is 16.5 Å². The molecule has 1 aliphatic rings. The van der Waals surface area contributed by atoms with Gasteiger partial charge in [0.25, 0.3) is 0 Å². The molecule has 78 valence electrons. The van der Waals surface area contributed by atoms with Crippen molar-refractivity contribution in [2.45, 2.75) is 22.7 Å². The van der Waals surface area contributed by atoms with Crippen LogP contribution in [0.4, 0.5) is 0 Å². The predicted molar refractivity (Wildman–Crippen MR) is 57.9 cm³/mol. The van der Waals surface area contributed by atoms with Gasteiger partial charge in [0.1, 0.15) is 5.76 Å². The van der Waals surface area contributed by atoms with Crippen LogP contribution >= 0.6 is 34.8 Å². The van der Waals surface area contributed by atoms with Gasteiger partial charge in [0.05, 0.1) is 6.04 Å². The van der Waals surface area contributed by atoms with Crippen molar-refractivity contribution in [2.75, 3.05) is 6.54 Å². The molecule has 2 heterocycles. The summed E-state index contributed by atoms with van der Waals surface area (Å²) in [5.74, 6) is 1.23. The van der Waals surface area contributed by atoms with Gasteiger partial charge in [-0.1, -0.05) is 34.8 Å². The van der Waals surface area contributed by atoms with Gasteiger partial charge in [0.2, 0.25) is 3.79 Å². The molecule has 5 heteroatoms. The molecule has 1 atom stereocenters. The lowest BCUT2D eigenvalue weighted by atomic mass is 10.2. The fraction of sp³-hybridized carbons (Fsp3) is 0.556. The Morgan fingerprint density at radius 3 is 2.64 bits per heavy atom. The average molecular weight is 255 g/mol. The Hall–Kier alpha value is 0.110. The van der Waals surface area contributed by atoms with Crippen LogP contribution < -0.4 is 5.32 Å². The molecule has 1 fully saturated rings. The number of alkyl halides is 3. The molecule has 2 nitrogen and oxygen atoms in total. The number of halogens is 3. The molecule has 14 heavy (non-hydrogen) atoms. The molecule has 0 bridgehead atoms. The predicted octanol–water partition coefficient (Wildman–Crippen LogP) is 3.53. The smallest absolute Gasteiger partial charge is 0.248 e. The average Bonchev–Trinajstić information content (AvgIpc) is 2.73. The van der Waals surface area contributed by atoms with Gasteiger partial charge in [-0.05, 0) is 31.5 Å². The van der Waals surface area contributed by atoms with Crippen LogP contribution in [0, 0.1) is 0 Å². The van der Waals surface area contributed by atoms with Crippen LogP contribution in [0.25, 0.3) is 0 Å². The molecule has 0 saturated carbocycles. The Bertz CT molecular complexity index is 312. The minimum absolute atomic E-state index is 0.274. The van der Waals surface area contributed by atoms with Gasteiger partial charge < -0.3 is 9.73 Å². The van der Waals surface area contributed by atoms with Crippen LogP contribution in [0.3, 0.4) is 0 Å². The summed E-state index contributed by atoms with van der Waals surface area (Å²) in [5.41, 5.74) is 0. The van der Waals surface area contributed by atoms with E-state index in [9.17, 15) is 0 Å². The van der Waals surface area contributed by atoms with E-state index in [4.69, 9.17) is 39.2 Å². The molecule has 1 aromatic heterocycles. The molecular formula is C9H10Cl3NO. The summed E-state index contributed by atoms with van der Waals surface area (Å²) in [6.07, 6.45) is 2.24. The van der Waals surface area contributed by atoms with E-state index in [1.54, 1.807) is 6.07 Å². The van der Waals surface area contributed by atoms with Crippen LogP contribution in [-0.4, -0.2) is 6.54 Å². The lowest BCUT2D eigenvalue weighted by Crippen LogP contribution is -2.11. The van der Waals surface area contributed by atoms with E-state index in [1.165, 1.54) is 0 Å². The minimum atomic E-state index is -1.46. The third kappa shape index (κ3) is 2.19. The molecule has 0 amide bonds. The first-order valence-electron chi connectivity index (χ1n) is 4.48. The molecule has 2 rings (SSSR count). The van der Waals surface area contributed by atoms with Crippen LogP contribution in [-0.2, 0) is 3.79 Å². The Balaban J connectivity index is 2.17. The zero-order valence-electron chi connectivity index (χ0n) is 7.40. The molecule has 0 radical (unpaired) electrons. The fourth-order valence-corrected chi connectivity index (χ4v) is 1.92. The maximum Gasteiger partial charge on any atom is 0.248 e. The van der Waals surface area contributed by atoms with E-state index in [1.807, 2.05) is 6.07 Å². The Morgan fingerprint density at radius 1 is 1.36 bits per heavy atom. The van der Waals surface area contributed by atoms with Gasteiger partial charge in [-0.3, -0.25) is 0 Å². The van der Waals surface area contributed by atoms with Crippen LogP contribution in [0.1, 0.15) is 30.4 Å². The second kappa shape index (κ2) is 3.93. The lowest BCUT2D eigenvalue weighted by molar-refractivity contribution is 0.420. The molecule has 0 spiro atoms. The highest BCUT2D eigenvalue weighted by Crippen LogP contribution is 2.40. The molecule has 0 aliphatic carbocycles. The second-order valence-electron chi connectivity index (χ2n) is 3.35. The Labute approximate surface area is 97.5 Å². The molecule has 1 N–H and O–H groups in total. The van der Waals surface area contributed by atoms with Crippen molar-refractivity contribution >= 4 is 34.8 Å². The van der Waals surface area contributed by atoms with Gasteiger partial charge in [-0.2, -0.15) is 0 Å². The normalized spacial score (nSPS) is 22.9. The van der Waals surface area contributed by atoms with E-state index in [0.717, 1.165) is 25.1 Å². The molecule has 1 aliphatic heterocycles. The summed E-state index contributed by atoms with van der Waals surface area (Å²) >= 11 is 17.1. The lowest BCUT2D eigenvalue weighted by Gasteiger charge is -2.08. The maximum atomic E-state index is 5.70. The zero-order chi connectivity index (χ0) is 10.2. The summed E-state index contributed by atoms with van der Waals surface area (Å²) < 4.78 is 4.01. The molecular weight excluding hydrogens is 244 g/mol. The molecule has 0 aromatic carbocycles. The van der Waals surface area contributed by atoms with E-state index in [0.29, 0.717) is 5.76 Å². The van der Waals surface area contributed by atoms with E-state index in [2.05, 4.69) is 5.32 Å². The minimum Gasteiger partial charge on any atom is -0.460 e. The monoisotopic (exact) mass is 253 g/mol. The highest BCUT2D eigenvalue weighted by Gasteiger charge is 2.29. The summed E-state index contributed by atoms with van der Waals surface area (Å²) in [4.78, 5) is 0. The van der Waals surface area contributed by atoms with Crippen molar-refractivity contribution in [1.82, 2.24) is 5.32 Å². The van der Waals surface area contributed by atoms with Crippen molar-refractivity contribution in [3.63, 3.8) is 0 Å². The molecule has 0 unspecified atom stereocenters. The second-order valence-corrected chi connectivity index (χ2v) is 5.63. The fourth-order valence-electron chi connectivity index (χ4n) is 1.62. The Kier molecular flexibility index (Phi) is 2.98. The first-order chi connectivity index (χ1) is 6.57. The largest absolute Gasteiger partial charge is 0.460 e.